The second kappa shape index (κ2) is 5.37. The molecule has 128 valence electrons. The van der Waals surface area contributed by atoms with E-state index in [1.54, 1.807) is 30.6 Å². The molecule has 0 saturated heterocycles. The van der Waals surface area contributed by atoms with E-state index in [1.807, 2.05) is 26.0 Å². The molecule has 3 heterocycles. The number of para-hydroxylation sites is 1. The lowest BCUT2D eigenvalue weighted by molar-refractivity contribution is 0.554. The number of fused-ring (bicyclic) bond motifs is 2. The molecule has 8 heteroatoms. The molecule has 6 nitrogen and oxygen atoms in total. The van der Waals surface area contributed by atoms with Crippen LogP contribution in [0, 0.1) is 0 Å². The van der Waals surface area contributed by atoms with Gasteiger partial charge in [0.25, 0.3) is 10.0 Å². The van der Waals surface area contributed by atoms with Crippen molar-refractivity contribution in [2.24, 2.45) is 0 Å². The summed E-state index contributed by atoms with van der Waals surface area (Å²) in [7, 11) is -3.84. The van der Waals surface area contributed by atoms with Gasteiger partial charge in [-0.3, -0.25) is 4.98 Å². The molecular weight excluding hydrogens is 360 g/mol. The van der Waals surface area contributed by atoms with Gasteiger partial charge in [-0.15, -0.1) is 0 Å². The topological polar surface area (TPSA) is 76.1 Å². The monoisotopic (exact) mass is 374 g/mol. The summed E-state index contributed by atoms with van der Waals surface area (Å²) in [5, 5.41) is 0.788. The summed E-state index contributed by atoms with van der Waals surface area (Å²) in [4.78, 5) is 12.6. The van der Waals surface area contributed by atoms with Crippen LogP contribution in [-0.4, -0.2) is 29.9 Å². The lowest BCUT2D eigenvalue weighted by Gasteiger charge is -2.22. The van der Waals surface area contributed by atoms with Crippen molar-refractivity contribution in [3.8, 4) is 0 Å². The summed E-state index contributed by atoms with van der Waals surface area (Å²) >= 11 is 5.92. The van der Waals surface area contributed by atoms with E-state index in [0.717, 1.165) is 10.9 Å². The first-order valence-electron chi connectivity index (χ1n) is 7.70. The molecule has 0 aliphatic carbocycles. The Morgan fingerprint density at radius 3 is 2.72 bits per heavy atom. The summed E-state index contributed by atoms with van der Waals surface area (Å²) in [5.41, 5.74) is 0.787. The fraction of sp³-hybridized carbons (Fsp3) is 0.235. The van der Waals surface area contributed by atoms with E-state index in [9.17, 15) is 8.42 Å². The first kappa shape index (κ1) is 16.2. The van der Waals surface area contributed by atoms with E-state index < -0.39 is 15.4 Å². The van der Waals surface area contributed by atoms with Gasteiger partial charge < -0.3 is 0 Å². The molecular formula is C17H15ClN4O2S. The highest BCUT2D eigenvalue weighted by molar-refractivity contribution is 7.93. The summed E-state index contributed by atoms with van der Waals surface area (Å²) < 4.78 is 28.1. The number of hydrogen-bond acceptors (Lipinski definition) is 5. The average Bonchev–Trinajstić information content (AvgIpc) is 2.85. The zero-order chi connectivity index (χ0) is 17.8. The van der Waals surface area contributed by atoms with Gasteiger partial charge in [-0.2, -0.15) is 4.98 Å². The molecule has 0 amide bonds. The van der Waals surface area contributed by atoms with Crippen LogP contribution in [0.4, 0.5) is 5.82 Å². The molecule has 25 heavy (non-hydrogen) atoms. The van der Waals surface area contributed by atoms with Gasteiger partial charge in [0.1, 0.15) is 4.90 Å². The molecule has 0 atom stereocenters. The quantitative estimate of drug-likeness (QED) is 0.644. The van der Waals surface area contributed by atoms with Gasteiger partial charge in [-0.25, -0.2) is 17.7 Å². The molecule has 0 radical (unpaired) electrons. The summed E-state index contributed by atoms with van der Waals surface area (Å²) in [6, 6.07) is 8.73. The Balaban J connectivity index is 1.94. The second-order valence-electron chi connectivity index (χ2n) is 6.60. The molecule has 1 aliphatic rings. The number of rotatable bonds is 2. The van der Waals surface area contributed by atoms with Crippen molar-refractivity contribution >= 4 is 38.3 Å². The number of benzene rings is 1. The molecule has 4 rings (SSSR count). The average molecular weight is 375 g/mol. The van der Waals surface area contributed by atoms with Crippen LogP contribution in [0.1, 0.15) is 19.4 Å². The van der Waals surface area contributed by atoms with Crippen LogP contribution in [0.5, 0.6) is 0 Å². The number of sulfonamides is 1. The van der Waals surface area contributed by atoms with E-state index >= 15 is 0 Å². The number of nitrogens with zero attached hydrogens (tertiary/aromatic N) is 4. The van der Waals surface area contributed by atoms with Crippen LogP contribution in [0.15, 0.2) is 47.6 Å². The first-order chi connectivity index (χ1) is 11.8. The molecule has 0 saturated carbocycles. The predicted molar refractivity (Wildman–Crippen MR) is 96.3 cm³/mol. The highest BCUT2D eigenvalue weighted by atomic mass is 35.5. The number of aromatic nitrogens is 3. The van der Waals surface area contributed by atoms with Gasteiger partial charge in [-0.1, -0.05) is 32.0 Å². The maximum atomic E-state index is 13.4. The number of pyridine rings is 1. The number of anilines is 1. The third-order valence-electron chi connectivity index (χ3n) is 4.41. The normalized spacial score (nSPS) is 16.2. The largest absolute Gasteiger partial charge is 0.267 e. The van der Waals surface area contributed by atoms with Crippen LogP contribution in [0.3, 0.4) is 0 Å². The van der Waals surface area contributed by atoms with Crippen LogP contribution in [0.25, 0.3) is 10.9 Å². The molecule has 0 bridgehead atoms. The molecule has 0 N–H and O–H groups in total. The van der Waals surface area contributed by atoms with Crippen molar-refractivity contribution in [3.63, 3.8) is 0 Å². The standard InChI is InChI=1S/C17H15ClN4O2S/c1-17(2)10-22(15-12(17)9-20-16(18)21-15)25(23,24)13-7-3-5-11-6-4-8-19-14(11)13/h3-9H,10H2,1-2H3. The highest BCUT2D eigenvalue weighted by Gasteiger charge is 2.43. The highest BCUT2D eigenvalue weighted by Crippen LogP contribution is 2.42. The van der Waals surface area contributed by atoms with E-state index in [4.69, 9.17) is 11.6 Å². The first-order valence-corrected chi connectivity index (χ1v) is 9.52. The summed E-state index contributed by atoms with van der Waals surface area (Å²) in [6.07, 6.45) is 3.18. The summed E-state index contributed by atoms with van der Waals surface area (Å²) in [6.45, 7) is 4.18. The molecule has 2 aromatic heterocycles. The van der Waals surface area contributed by atoms with Gasteiger partial charge >= 0.3 is 0 Å². The molecule has 1 aliphatic heterocycles. The SMILES string of the molecule is CC1(C)CN(S(=O)(=O)c2cccc3cccnc23)c2nc(Cl)ncc21. The maximum absolute atomic E-state index is 13.4. The number of halogens is 1. The van der Waals surface area contributed by atoms with Crippen LogP contribution in [-0.2, 0) is 15.4 Å². The Kier molecular flexibility index (Phi) is 3.49. The van der Waals surface area contributed by atoms with E-state index in [1.165, 1.54) is 4.31 Å². The van der Waals surface area contributed by atoms with Gasteiger partial charge in [-0.05, 0) is 23.7 Å². The Hall–Kier alpha value is -2.25. The molecule has 3 aromatic rings. The molecule has 0 unspecified atom stereocenters. The van der Waals surface area contributed by atoms with Crippen molar-refractivity contribution in [2.75, 3.05) is 10.8 Å². The lowest BCUT2D eigenvalue weighted by atomic mass is 9.89. The van der Waals surface area contributed by atoms with Crippen molar-refractivity contribution in [2.45, 2.75) is 24.2 Å². The Labute approximate surface area is 150 Å². The Bertz CT molecular complexity index is 1090. The minimum atomic E-state index is -3.84. The molecule has 0 fully saturated rings. The maximum Gasteiger partial charge on any atom is 0.267 e. The fourth-order valence-corrected chi connectivity index (χ4v) is 5.03. The predicted octanol–water partition coefficient (Wildman–Crippen LogP) is 3.16. The molecule has 1 aromatic carbocycles. The van der Waals surface area contributed by atoms with E-state index in [0.29, 0.717) is 11.3 Å². The van der Waals surface area contributed by atoms with Crippen molar-refractivity contribution < 1.29 is 8.42 Å². The number of hydrogen-bond donors (Lipinski definition) is 0. The van der Waals surface area contributed by atoms with Crippen molar-refractivity contribution in [1.29, 1.82) is 0 Å². The zero-order valence-electron chi connectivity index (χ0n) is 13.6. The van der Waals surface area contributed by atoms with Crippen LogP contribution >= 0.6 is 11.6 Å². The van der Waals surface area contributed by atoms with E-state index in [-0.39, 0.29) is 16.7 Å². The Morgan fingerprint density at radius 2 is 1.92 bits per heavy atom. The third-order valence-corrected chi connectivity index (χ3v) is 6.36. The minimum Gasteiger partial charge on any atom is -0.255 e. The Morgan fingerprint density at radius 1 is 1.16 bits per heavy atom. The third kappa shape index (κ3) is 2.46. The van der Waals surface area contributed by atoms with E-state index in [2.05, 4.69) is 15.0 Å². The van der Waals surface area contributed by atoms with Crippen LogP contribution in [0.2, 0.25) is 5.28 Å². The zero-order valence-corrected chi connectivity index (χ0v) is 15.2. The van der Waals surface area contributed by atoms with Crippen molar-refractivity contribution in [1.82, 2.24) is 15.0 Å². The van der Waals surface area contributed by atoms with Gasteiger partial charge in [0.2, 0.25) is 5.28 Å². The lowest BCUT2D eigenvalue weighted by Crippen LogP contribution is -2.34. The van der Waals surface area contributed by atoms with Gasteiger partial charge in [0, 0.05) is 35.3 Å². The second-order valence-corrected chi connectivity index (χ2v) is 8.77. The van der Waals surface area contributed by atoms with Crippen molar-refractivity contribution in [3.05, 3.63) is 53.6 Å². The molecule has 0 spiro atoms. The fourth-order valence-electron chi connectivity index (χ4n) is 3.14. The summed E-state index contributed by atoms with van der Waals surface area (Å²) in [5.74, 6) is 0.331. The minimum absolute atomic E-state index is 0.0210. The van der Waals surface area contributed by atoms with Gasteiger partial charge in [0.15, 0.2) is 5.82 Å². The van der Waals surface area contributed by atoms with Gasteiger partial charge in [0.05, 0.1) is 5.52 Å². The van der Waals surface area contributed by atoms with Crippen LogP contribution < -0.4 is 4.31 Å². The smallest absolute Gasteiger partial charge is 0.255 e.